The lowest BCUT2D eigenvalue weighted by atomic mass is 9.85. The third-order valence-electron chi connectivity index (χ3n) is 4.60. The molecule has 0 aromatic rings. The SMILES string of the molecule is CC(C)=C1C=C2[C@H](CC[C@]2(O)CO)[C@@H](C)CC1. The first-order valence-corrected chi connectivity index (χ1v) is 6.69. The molecule has 0 spiro atoms. The standard InChI is InChI=1S/C15H24O2/c1-10(2)12-5-4-11(3)13-6-7-15(17,9-16)14(13)8-12/h8,11,13,16-17H,4-7,9H2,1-3H3/t11-,13+,15-/m0/s1. The Morgan fingerprint density at radius 3 is 2.71 bits per heavy atom. The van der Waals surface area contributed by atoms with E-state index in [9.17, 15) is 10.2 Å². The molecule has 0 aliphatic heterocycles. The van der Waals surface area contributed by atoms with Crippen molar-refractivity contribution < 1.29 is 10.2 Å². The Labute approximate surface area is 104 Å². The monoisotopic (exact) mass is 236 g/mol. The van der Waals surface area contributed by atoms with Gasteiger partial charge < -0.3 is 10.2 Å². The summed E-state index contributed by atoms with van der Waals surface area (Å²) in [5, 5.41) is 20.0. The molecule has 2 nitrogen and oxygen atoms in total. The van der Waals surface area contributed by atoms with Gasteiger partial charge in [-0.15, -0.1) is 0 Å². The molecule has 96 valence electrons. The normalized spacial score (nSPS) is 37.5. The van der Waals surface area contributed by atoms with Gasteiger partial charge in [-0.3, -0.25) is 0 Å². The third-order valence-corrected chi connectivity index (χ3v) is 4.60. The lowest BCUT2D eigenvalue weighted by Gasteiger charge is -2.25. The van der Waals surface area contributed by atoms with E-state index in [0.29, 0.717) is 18.3 Å². The van der Waals surface area contributed by atoms with Crippen molar-refractivity contribution >= 4 is 0 Å². The number of hydrogen-bond acceptors (Lipinski definition) is 2. The van der Waals surface area contributed by atoms with E-state index in [1.54, 1.807) is 0 Å². The summed E-state index contributed by atoms with van der Waals surface area (Å²) >= 11 is 0. The molecule has 0 bridgehead atoms. The summed E-state index contributed by atoms with van der Waals surface area (Å²) in [5.74, 6) is 1.07. The Morgan fingerprint density at radius 2 is 2.12 bits per heavy atom. The fourth-order valence-corrected chi connectivity index (χ4v) is 3.28. The molecule has 17 heavy (non-hydrogen) atoms. The highest BCUT2D eigenvalue weighted by molar-refractivity contribution is 5.37. The van der Waals surface area contributed by atoms with E-state index in [4.69, 9.17) is 0 Å². The molecule has 0 saturated heterocycles. The van der Waals surface area contributed by atoms with E-state index in [1.807, 2.05) is 0 Å². The maximum absolute atomic E-state index is 10.5. The molecule has 2 heteroatoms. The molecule has 0 aromatic heterocycles. The van der Waals surface area contributed by atoms with Crippen LogP contribution in [-0.2, 0) is 0 Å². The van der Waals surface area contributed by atoms with Crippen LogP contribution in [0.4, 0.5) is 0 Å². The predicted molar refractivity (Wildman–Crippen MR) is 69.6 cm³/mol. The average Bonchev–Trinajstić information content (AvgIpc) is 2.51. The number of hydrogen-bond donors (Lipinski definition) is 2. The Balaban J connectivity index is 2.44. The topological polar surface area (TPSA) is 40.5 Å². The van der Waals surface area contributed by atoms with E-state index in [-0.39, 0.29) is 6.61 Å². The maximum atomic E-state index is 10.5. The zero-order valence-electron chi connectivity index (χ0n) is 11.2. The molecule has 2 rings (SSSR count). The van der Waals surface area contributed by atoms with E-state index < -0.39 is 5.60 Å². The quantitative estimate of drug-likeness (QED) is 0.735. The van der Waals surface area contributed by atoms with Crippen molar-refractivity contribution in [1.29, 1.82) is 0 Å². The van der Waals surface area contributed by atoms with Crippen molar-refractivity contribution in [3.05, 3.63) is 22.8 Å². The molecule has 2 aliphatic rings. The fourth-order valence-electron chi connectivity index (χ4n) is 3.28. The predicted octanol–water partition coefficient (Wildman–Crippen LogP) is 2.81. The van der Waals surface area contributed by atoms with E-state index in [2.05, 4.69) is 26.8 Å². The number of allylic oxidation sites excluding steroid dienone is 3. The van der Waals surface area contributed by atoms with Crippen LogP contribution in [0.1, 0.15) is 46.5 Å². The van der Waals surface area contributed by atoms with Gasteiger partial charge in [0, 0.05) is 0 Å². The van der Waals surface area contributed by atoms with Crippen LogP contribution in [0.3, 0.4) is 0 Å². The van der Waals surface area contributed by atoms with Crippen LogP contribution in [0, 0.1) is 11.8 Å². The van der Waals surface area contributed by atoms with Crippen LogP contribution in [-0.4, -0.2) is 22.4 Å². The number of rotatable bonds is 1. The van der Waals surface area contributed by atoms with Crippen molar-refractivity contribution in [2.45, 2.75) is 52.1 Å². The Morgan fingerprint density at radius 1 is 1.41 bits per heavy atom. The maximum Gasteiger partial charge on any atom is 0.109 e. The molecular weight excluding hydrogens is 212 g/mol. The van der Waals surface area contributed by atoms with Crippen molar-refractivity contribution in [3.63, 3.8) is 0 Å². The Bertz CT molecular complexity index is 363. The summed E-state index contributed by atoms with van der Waals surface area (Å²) in [7, 11) is 0. The summed E-state index contributed by atoms with van der Waals surface area (Å²) < 4.78 is 0. The van der Waals surface area contributed by atoms with Crippen LogP contribution >= 0.6 is 0 Å². The van der Waals surface area contributed by atoms with Gasteiger partial charge in [-0.1, -0.05) is 18.6 Å². The summed E-state index contributed by atoms with van der Waals surface area (Å²) in [5.41, 5.74) is 2.81. The highest BCUT2D eigenvalue weighted by Crippen LogP contribution is 2.47. The molecule has 0 amide bonds. The number of aliphatic hydroxyl groups is 2. The summed E-state index contributed by atoms with van der Waals surface area (Å²) in [6.07, 6.45) is 6.19. The first-order valence-electron chi connectivity index (χ1n) is 6.69. The molecule has 2 N–H and O–H groups in total. The number of aliphatic hydroxyl groups excluding tert-OH is 1. The first-order chi connectivity index (χ1) is 7.98. The largest absolute Gasteiger partial charge is 0.393 e. The smallest absolute Gasteiger partial charge is 0.109 e. The van der Waals surface area contributed by atoms with Gasteiger partial charge >= 0.3 is 0 Å². The van der Waals surface area contributed by atoms with Gasteiger partial charge in [0.15, 0.2) is 0 Å². The van der Waals surface area contributed by atoms with E-state index in [0.717, 1.165) is 18.4 Å². The van der Waals surface area contributed by atoms with E-state index >= 15 is 0 Å². The van der Waals surface area contributed by atoms with Crippen molar-refractivity contribution in [2.24, 2.45) is 11.8 Å². The second-order valence-corrected chi connectivity index (χ2v) is 5.98. The molecule has 3 atom stereocenters. The first kappa shape index (κ1) is 12.8. The van der Waals surface area contributed by atoms with Crippen molar-refractivity contribution in [2.75, 3.05) is 6.61 Å². The van der Waals surface area contributed by atoms with Gasteiger partial charge in [0.25, 0.3) is 0 Å². The van der Waals surface area contributed by atoms with Gasteiger partial charge in [0.05, 0.1) is 6.61 Å². The minimum Gasteiger partial charge on any atom is -0.393 e. The summed E-state index contributed by atoms with van der Waals surface area (Å²) in [6.45, 7) is 6.39. The lowest BCUT2D eigenvalue weighted by Crippen LogP contribution is -2.33. The van der Waals surface area contributed by atoms with E-state index in [1.165, 1.54) is 17.6 Å². The molecule has 1 saturated carbocycles. The molecular formula is C15H24O2. The van der Waals surface area contributed by atoms with Gasteiger partial charge in [0.1, 0.15) is 5.60 Å². The molecule has 2 aliphatic carbocycles. The van der Waals surface area contributed by atoms with Crippen LogP contribution in [0.25, 0.3) is 0 Å². The minimum absolute atomic E-state index is 0.141. The zero-order chi connectivity index (χ0) is 12.6. The van der Waals surface area contributed by atoms with Gasteiger partial charge in [-0.05, 0) is 62.5 Å². The summed E-state index contributed by atoms with van der Waals surface area (Å²) in [6, 6.07) is 0. The second kappa shape index (κ2) is 4.58. The Hall–Kier alpha value is -0.600. The molecule has 0 heterocycles. The Kier molecular flexibility index (Phi) is 3.46. The summed E-state index contributed by atoms with van der Waals surface area (Å²) in [4.78, 5) is 0. The van der Waals surface area contributed by atoms with Gasteiger partial charge in [-0.2, -0.15) is 0 Å². The minimum atomic E-state index is -0.954. The van der Waals surface area contributed by atoms with Crippen LogP contribution in [0.15, 0.2) is 22.8 Å². The molecule has 0 aromatic carbocycles. The molecule has 1 fully saturated rings. The second-order valence-electron chi connectivity index (χ2n) is 5.98. The van der Waals surface area contributed by atoms with Crippen LogP contribution in [0.2, 0.25) is 0 Å². The van der Waals surface area contributed by atoms with Crippen molar-refractivity contribution in [1.82, 2.24) is 0 Å². The highest BCUT2D eigenvalue weighted by Gasteiger charge is 2.44. The van der Waals surface area contributed by atoms with Crippen molar-refractivity contribution in [3.8, 4) is 0 Å². The van der Waals surface area contributed by atoms with Gasteiger partial charge in [0.2, 0.25) is 0 Å². The number of fused-ring (bicyclic) bond motifs is 1. The third kappa shape index (κ3) is 2.21. The van der Waals surface area contributed by atoms with Crippen LogP contribution in [0.5, 0.6) is 0 Å². The molecule has 0 radical (unpaired) electrons. The van der Waals surface area contributed by atoms with Crippen LogP contribution < -0.4 is 0 Å². The van der Waals surface area contributed by atoms with Gasteiger partial charge in [-0.25, -0.2) is 0 Å². The molecule has 0 unspecified atom stereocenters. The zero-order valence-corrected chi connectivity index (χ0v) is 11.2. The fraction of sp³-hybridized carbons (Fsp3) is 0.733. The average molecular weight is 236 g/mol. The highest BCUT2D eigenvalue weighted by atomic mass is 16.3. The lowest BCUT2D eigenvalue weighted by molar-refractivity contribution is 0.0217.